The Morgan fingerprint density at radius 2 is 1.85 bits per heavy atom. The summed E-state index contributed by atoms with van der Waals surface area (Å²) in [5.41, 5.74) is -2.25. The van der Waals surface area contributed by atoms with Crippen LogP contribution in [0.25, 0.3) is 32.9 Å². The second-order valence-electron chi connectivity index (χ2n) is 13.5. The molecule has 4 heterocycles. The molecule has 3 aliphatic rings. The number of piperidine rings is 2. The number of likely N-dealkylation sites (tertiary alicyclic amines) is 1. The highest BCUT2D eigenvalue weighted by atomic mass is 19.1. The van der Waals surface area contributed by atoms with Gasteiger partial charge in [-0.25, -0.2) is 18.2 Å². The maximum absolute atomic E-state index is 17.0. The zero-order valence-electron chi connectivity index (χ0n) is 27.0. The molecular formula is C36H38F3N5O4. The Hall–Kier alpha value is -4.34. The smallest absolute Gasteiger partial charge is 0.319 e. The van der Waals surface area contributed by atoms with Crippen molar-refractivity contribution in [3.63, 3.8) is 0 Å². The fraction of sp³-hybridized carbons (Fsp3) is 0.472. The van der Waals surface area contributed by atoms with Gasteiger partial charge >= 0.3 is 6.01 Å². The normalized spacial score (nSPS) is 24.5. The summed E-state index contributed by atoms with van der Waals surface area (Å²) in [7, 11) is 3.49. The molecule has 9 nitrogen and oxygen atoms in total. The number of fused-ring (bicyclic) bond motifs is 3. The lowest BCUT2D eigenvalue weighted by Gasteiger charge is -2.44. The van der Waals surface area contributed by atoms with Gasteiger partial charge in [0.2, 0.25) is 5.88 Å². The molecule has 0 amide bonds. The first-order valence-electron chi connectivity index (χ1n) is 16.3. The zero-order chi connectivity index (χ0) is 33.8. The van der Waals surface area contributed by atoms with Gasteiger partial charge in [-0.3, -0.25) is 0 Å². The summed E-state index contributed by atoms with van der Waals surface area (Å²) < 4.78 is 58.1. The Bertz CT molecular complexity index is 1950. The van der Waals surface area contributed by atoms with Crippen molar-refractivity contribution in [2.24, 2.45) is 5.41 Å². The number of aromatic hydroxyl groups is 1. The molecule has 0 unspecified atom stereocenters. The first-order valence-corrected chi connectivity index (χ1v) is 16.3. The average molecular weight is 662 g/mol. The Morgan fingerprint density at radius 3 is 2.62 bits per heavy atom. The Balaban J connectivity index is 1.43. The first-order chi connectivity index (χ1) is 23.1. The van der Waals surface area contributed by atoms with Gasteiger partial charge in [-0.15, -0.1) is 6.42 Å². The third-order valence-electron chi connectivity index (χ3n) is 10.5. The maximum Gasteiger partial charge on any atom is 0.319 e. The van der Waals surface area contributed by atoms with Crippen LogP contribution >= 0.6 is 0 Å². The molecule has 2 aromatic carbocycles. The number of terminal acetylenes is 1. The van der Waals surface area contributed by atoms with Crippen LogP contribution in [0.3, 0.4) is 0 Å². The molecule has 12 heteroatoms. The second kappa shape index (κ2) is 12.3. The summed E-state index contributed by atoms with van der Waals surface area (Å²) in [5.74, 6) is 0.686. The quantitative estimate of drug-likeness (QED) is 0.239. The Kier molecular flexibility index (Phi) is 8.24. The molecule has 2 saturated heterocycles. The monoisotopic (exact) mass is 661 g/mol. The van der Waals surface area contributed by atoms with E-state index in [2.05, 4.69) is 27.8 Å². The number of phenolic OH excluding ortho intramolecular Hbond substituents is 1. The number of alkyl halides is 1. The van der Waals surface area contributed by atoms with E-state index in [0.717, 1.165) is 38.6 Å². The molecule has 252 valence electrons. The number of ether oxygens (including phenoxy) is 2. The number of rotatable bonds is 7. The molecule has 0 bridgehead atoms. The SMILES string of the molecule is C#Cc1c(F)ccc2cc(O)cc(-c3nc(OC)c4c(N5CCC[C@](O)(CF)C5)nc(OC[C@]56CCC[C@H]5N(C)CCC6)nc4c3F)c12. The van der Waals surface area contributed by atoms with Crippen LogP contribution < -0.4 is 14.4 Å². The molecule has 48 heavy (non-hydrogen) atoms. The number of nitrogens with zero attached hydrogens (tertiary/aromatic N) is 5. The predicted octanol–water partition coefficient (Wildman–Crippen LogP) is 5.76. The van der Waals surface area contributed by atoms with E-state index in [0.29, 0.717) is 31.0 Å². The van der Waals surface area contributed by atoms with Gasteiger partial charge in [0, 0.05) is 29.0 Å². The maximum atomic E-state index is 17.0. The fourth-order valence-electron chi connectivity index (χ4n) is 8.26. The van der Waals surface area contributed by atoms with Crippen molar-refractivity contribution in [2.75, 3.05) is 52.0 Å². The summed E-state index contributed by atoms with van der Waals surface area (Å²) in [6.45, 7) is 0.699. The molecule has 2 N–H and O–H groups in total. The number of hydrogen-bond acceptors (Lipinski definition) is 9. The summed E-state index contributed by atoms with van der Waals surface area (Å²) in [4.78, 5) is 17.9. The van der Waals surface area contributed by atoms with E-state index in [9.17, 15) is 19.0 Å². The van der Waals surface area contributed by atoms with E-state index in [1.54, 1.807) is 4.90 Å². The van der Waals surface area contributed by atoms with E-state index < -0.39 is 23.9 Å². The van der Waals surface area contributed by atoms with Crippen LogP contribution in [0, 0.1) is 29.4 Å². The van der Waals surface area contributed by atoms with E-state index in [4.69, 9.17) is 20.9 Å². The molecule has 2 aliphatic heterocycles. The Morgan fingerprint density at radius 1 is 1.06 bits per heavy atom. The van der Waals surface area contributed by atoms with Crippen molar-refractivity contribution in [2.45, 2.75) is 56.6 Å². The number of benzene rings is 2. The van der Waals surface area contributed by atoms with E-state index in [-0.39, 0.29) is 74.9 Å². The number of phenols is 1. The van der Waals surface area contributed by atoms with Crippen molar-refractivity contribution >= 4 is 27.5 Å². The summed E-state index contributed by atoms with van der Waals surface area (Å²) in [5, 5.41) is 22.2. The highest BCUT2D eigenvalue weighted by Gasteiger charge is 2.47. The van der Waals surface area contributed by atoms with E-state index >= 15 is 4.39 Å². The minimum absolute atomic E-state index is 0.0421. The van der Waals surface area contributed by atoms with Gasteiger partial charge in [0.1, 0.15) is 46.3 Å². The number of aromatic nitrogens is 3. The summed E-state index contributed by atoms with van der Waals surface area (Å²) >= 11 is 0. The number of halogens is 3. The third kappa shape index (κ3) is 5.33. The fourth-order valence-corrected chi connectivity index (χ4v) is 8.26. The molecule has 0 radical (unpaired) electrons. The minimum Gasteiger partial charge on any atom is -0.508 e. The molecule has 1 saturated carbocycles. The number of methoxy groups -OCH3 is 1. The van der Waals surface area contributed by atoms with Crippen molar-refractivity contribution in [1.82, 2.24) is 19.9 Å². The molecule has 4 aromatic rings. The zero-order valence-corrected chi connectivity index (χ0v) is 27.0. The topological polar surface area (TPSA) is 104 Å². The van der Waals surface area contributed by atoms with Gasteiger partial charge in [0.15, 0.2) is 5.82 Å². The molecule has 3 fully saturated rings. The first kappa shape index (κ1) is 32.2. The van der Waals surface area contributed by atoms with Crippen LogP contribution in [0.2, 0.25) is 0 Å². The van der Waals surface area contributed by atoms with Crippen molar-refractivity contribution < 1.29 is 32.9 Å². The standard InChI is InChI=1S/C36H38F3N5O4/c1-4-23-25(38)10-9-21-16-22(45)17-24(27(21)23)30-29(39)31-28(33(40-30)47-3)32(44-15-7-13-36(46,18-37)19-44)42-34(41-31)48-20-35-11-5-8-26(35)43(2)14-6-12-35/h1,9-10,16-17,26,45-46H,5-8,11-15,18-20H2,2-3H3/t26-,35-,36+/m1/s1. The minimum atomic E-state index is -1.62. The number of β-amino-alcohol motifs (C(OH)–C–C–N with tert-alkyl or cyclic N) is 1. The second-order valence-corrected chi connectivity index (χ2v) is 13.5. The molecule has 7 rings (SSSR count). The van der Waals surface area contributed by atoms with Crippen LogP contribution in [0.5, 0.6) is 17.6 Å². The van der Waals surface area contributed by atoms with Gasteiger partial charge in [-0.1, -0.05) is 18.4 Å². The van der Waals surface area contributed by atoms with Crippen LogP contribution in [0.4, 0.5) is 19.0 Å². The van der Waals surface area contributed by atoms with Crippen LogP contribution in [-0.2, 0) is 0 Å². The lowest BCUT2D eigenvalue weighted by Crippen LogP contribution is -2.50. The highest BCUT2D eigenvalue weighted by molar-refractivity contribution is 6.04. The third-order valence-corrected chi connectivity index (χ3v) is 10.5. The van der Waals surface area contributed by atoms with Crippen molar-refractivity contribution in [3.05, 3.63) is 41.5 Å². The highest BCUT2D eigenvalue weighted by Crippen LogP contribution is 2.48. The number of aliphatic hydroxyl groups is 1. The van der Waals surface area contributed by atoms with Gasteiger partial charge in [0.05, 0.1) is 25.8 Å². The molecule has 0 spiro atoms. The van der Waals surface area contributed by atoms with Crippen LogP contribution in [-0.4, -0.2) is 88.8 Å². The van der Waals surface area contributed by atoms with Crippen molar-refractivity contribution in [1.29, 1.82) is 0 Å². The van der Waals surface area contributed by atoms with E-state index in [1.165, 1.54) is 31.4 Å². The van der Waals surface area contributed by atoms with Crippen LogP contribution in [0.1, 0.15) is 50.5 Å². The molecule has 2 aromatic heterocycles. The molecular weight excluding hydrogens is 623 g/mol. The number of pyridine rings is 1. The summed E-state index contributed by atoms with van der Waals surface area (Å²) in [6, 6.07) is 5.58. The largest absolute Gasteiger partial charge is 0.508 e. The van der Waals surface area contributed by atoms with Gasteiger partial charge in [-0.2, -0.15) is 9.97 Å². The Labute approximate surface area is 276 Å². The average Bonchev–Trinajstić information content (AvgIpc) is 3.53. The summed E-state index contributed by atoms with van der Waals surface area (Å²) in [6.07, 6.45) is 11.6. The van der Waals surface area contributed by atoms with Gasteiger partial charge in [0.25, 0.3) is 0 Å². The molecule has 3 atom stereocenters. The van der Waals surface area contributed by atoms with Crippen molar-refractivity contribution in [3.8, 4) is 41.2 Å². The molecule has 1 aliphatic carbocycles. The van der Waals surface area contributed by atoms with Crippen LogP contribution in [0.15, 0.2) is 24.3 Å². The number of anilines is 1. The lowest BCUT2D eigenvalue weighted by atomic mass is 9.76. The predicted molar refractivity (Wildman–Crippen MR) is 176 cm³/mol. The number of hydrogen-bond donors (Lipinski definition) is 2. The van der Waals surface area contributed by atoms with Gasteiger partial charge < -0.3 is 29.5 Å². The van der Waals surface area contributed by atoms with E-state index in [1.807, 2.05) is 0 Å². The lowest BCUT2D eigenvalue weighted by molar-refractivity contribution is 0.00287. The van der Waals surface area contributed by atoms with Gasteiger partial charge in [-0.05, 0) is 75.7 Å².